The maximum Gasteiger partial charge on any atom is 0.254 e. The van der Waals surface area contributed by atoms with Crippen molar-refractivity contribution in [3.8, 4) is 5.75 Å². The number of hydrogen-bond donors (Lipinski definition) is 1. The minimum Gasteiger partial charge on any atom is -0.491 e. The molecule has 1 aliphatic heterocycles. The average molecular weight is 276 g/mol. The first-order valence-corrected chi connectivity index (χ1v) is 7.27. The summed E-state index contributed by atoms with van der Waals surface area (Å²) in [6, 6.07) is 8.11. The Hall–Kier alpha value is -1.55. The van der Waals surface area contributed by atoms with Gasteiger partial charge in [0.15, 0.2) is 0 Å². The number of carbonyl (C=O) groups excluding carboxylic acids is 1. The Morgan fingerprint density at radius 1 is 1.30 bits per heavy atom. The van der Waals surface area contributed by atoms with Gasteiger partial charge in [0.05, 0.1) is 6.10 Å². The molecule has 1 saturated heterocycles. The molecule has 1 aromatic rings. The molecule has 4 nitrogen and oxygen atoms in total. The van der Waals surface area contributed by atoms with Crippen molar-refractivity contribution in [3.63, 3.8) is 0 Å². The Morgan fingerprint density at radius 3 is 2.55 bits per heavy atom. The molecule has 1 heterocycles. The number of benzene rings is 1. The molecular formula is C16H24N2O2. The Balaban J connectivity index is 2.12. The number of piperazine rings is 1. The van der Waals surface area contributed by atoms with Crippen molar-refractivity contribution in [2.75, 3.05) is 13.1 Å². The van der Waals surface area contributed by atoms with E-state index in [1.807, 2.05) is 43.0 Å². The summed E-state index contributed by atoms with van der Waals surface area (Å²) in [5, 5.41) is 3.43. The minimum atomic E-state index is 0.0828. The van der Waals surface area contributed by atoms with Gasteiger partial charge in [0.1, 0.15) is 5.75 Å². The van der Waals surface area contributed by atoms with Crippen LogP contribution in [0.15, 0.2) is 24.3 Å². The fourth-order valence-corrected chi connectivity index (χ4v) is 2.65. The van der Waals surface area contributed by atoms with E-state index in [-0.39, 0.29) is 12.0 Å². The van der Waals surface area contributed by atoms with E-state index in [9.17, 15) is 4.79 Å². The highest BCUT2D eigenvalue weighted by Crippen LogP contribution is 2.17. The molecule has 4 heteroatoms. The van der Waals surface area contributed by atoms with Gasteiger partial charge in [0.25, 0.3) is 5.91 Å². The molecule has 0 saturated carbocycles. The van der Waals surface area contributed by atoms with Gasteiger partial charge in [-0.25, -0.2) is 0 Å². The Morgan fingerprint density at radius 2 is 1.95 bits per heavy atom. The minimum absolute atomic E-state index is 0.0828. The van der Waals surface area contributed by atoms with E-state index in [0.717, 1.165) is 18.8 Å². The Kier molecular flexibility index (Phi) is 4.65. The molecule has 2 rings (SSSR count). The molecule has 1 amide bonds. The van der Waals surface area contributed by atoms with Gasteiger partial charge < -0.3 is 15.0 Å². The van der Waals surface area contributed by atoms with Crippen molar-refractivity contribution in [3.05, 3.63) is 29.8 Å². The van der Waals surface area contributed by atoms with Gasteiger partial charge in [0, 0.05) is 30.7 Å². The third kappa shape index (κ3) is 3.73. The van der Waals surface area contributed by atoms with Gasteiger partial charge in [0.2, 0.25) is 0 Å². The van der Waals surface area contributed by atoms with E-state index >= 15 is 0 Å². The summed E-state index contributed by atoms with van der Waals surface area (Å²) >= 11 is 0. The number of nitrogens with one attached hydrogen (secondary N) is 1. The van der Waals surface area contributed by atoms with Crippen LogP contribution >= 0.6 is 0 Å². The maximum absolute atomic E-state index is 12.6. The molecule has 1 aromatic carbocycles. The van der Waals surface area contributed by atoms with Crippen LogP contribution in [0.5, 0.6) is 5.75 Å². The first-order valence-electron chi connectivity index (χ1n) is 7.27. The largest absolute Gasteiger partial charge is 0.491 e. The lowest BCUT2D eigenvalue weighted by molar-refractivity contribution is 0.0673. The number of hydrogen-bond acceptors (Lipinski definition) is 3. The molecular weight excluding hydrogens is 252 g/mol. The molecule has 2 atom stereocenters. The highest BCUT2D eigenvalue weighted by atomic mass is 16.5. The van der Waals surface area contributed by atoms with Crippen LogP contribution in [0.1, 0.15) is 38.1 Å². The van der Waals surface area contributed by atoms with E-state index in [4.69, 9.17) is 4.74 Å². The van der Waals surface area contributed by atoms with Gasteiger partial charge in [-0.1, -0.05) is 6.07 Å². The van der Waals surface area contributed by atoms with E-state index < -0.39 is 0 Å². The fraction of sp³-hybridized carbons (Fsp3) is 0.562. The van der Waals surface area contributed by atoms with Crippen LogP contribution in [-0.4, -0.2) is 42.1 Å². The van der Waals surface area contributed by atoms with Gasteiger partial charge in [-0.3, -0.25) is 4.79 Å². The zero-order valence-electron chi connectivity index (χ0n) is 12.7. The molecule has 1 fully saturated rings. The lowest BCUT2D eigenvalue weighted by Crippen LogP contribution is -2.55. The van der Waals surface area contributed by atoms with Crippen LogP contribution in [0.4, 0.5) is 0 Å². The molecule has 1 N–H and O–H groups in total. The molecule has 0 radical (unpaired) electrons. The number of ether oxygens (including phenoxy) is 1. The molecule has 0 aliphatic carbocycles. The number of nitrogens with zero attached hydrogens (tertiary/aromatic N) is 1. The number of amides is 1. The number of carbonyl (C=O) groups is 1. The third-order valence-corrected chi connectivity index (χ3v) is 3.30. The van der Waals surface area contributed by atoms with Crippen molar-refractivity contribution < 1.29 is 9.53 Å². The smallest absolute Gasteiger partial charge is 0.254 e. The SMILES string of the molecule is CC1CN(C(=O)c2cccc(OC(C)C)c2)CC(C)N1. The molecule has 0 bridgehead atoms. The molecule has 0 aromatic heterocycles. The van der Waals surface area contributed by atoms with Crippen molar-refractivity contribution in [2.45, 2.75) is 45.9 Å². The zero-order valence-corrected chi connectivity index (χ0v) is 12.7. The summed E-state index contributed by atoms with van der Waals surface area (Å²) in [5.74, 6) is 0.835. The maximum atomic E-state index is 12.6. The first kappa shape index (κ1) is 14.9. The third-order valence-electron chi connectivity index (χ3n) is 3.30. The van der Waals surface area contributed by atoms with Crippen LogP contribution in [0.25, 0.3) is 0 Å². The normalized spacial score (nSPS) is 22.9. The summed E-state index contributed by atoms with van der Waals surface area (Å²) in [5.41, 5.74) is 0.699. The Bertz CT molecular complexity index is 463. The van der Waals surface area contributed by atoms with Gasteiger partial charge in [-0.2, -0.15) is 0 Å². The number of rotatable bonds is 3. The summed E-state index contributed by atoms with van der Waals surface area (Å²) < 4.78 is 5.65. The van der Waals surface area contributed by atoms with Crippen LogP contribution < -0.4 is 10.1 Å². The standard InChI is InChI=1S/C16H24N2O2/c1-11(2)20-15-7-5-6-14(8-15)16(19)18-9-12(3)17-13(4)10-18/h5-8,11-13,17H,9-10H2,1-4H3. The lowest BCUT2D eigenvalue weighted by Gasteiger charge is -2.36. The molecule has 110 valence electrons. The summed E-state index contributed by atoms with van der Waals surface area (Å²) in [4.78, 5) is 14.5. The van der Waals surface area contributed by atoms with Crippen LogP contribution in [-0.2, 0) is 0 Å². The quantitative estimate of drug-likeness (QED) is 0.921. The van der Waals surface area contributed by atoms with E-state index in [0.29, 0.717) is 17.6 Å². The predicted molar refractivity (Wildman–Crippen MR) is 80.2 cm³/mol. The van der Waals surface area contributed by atoms with E-state index in [1.54, 1.807) is 0 Å². The molecule has 2 unspecified atom stereocenters. The lowest BCUT2D eigenvalue weighted by atomic mass is 10.1. The molecule has 20 heavy (non-hydrogen) atoms. The molecule has 0 spiro atoms. The van der Waals surface area contributed by atoms with Crippen LogP contribution in [0.3, 0.4) is 0 Å². The second kappa shape index (κ2) is 6.27. The van der Waals surface area contributed by atoms with E-state index in [1.165, 1.54) is 0 Å². The van der Waals surface area contributed by atoms with Gasteiger partial charge >= 0.3 is 0 Å². The first-order chi connectivity index (χ1) is 9.45. The predicted octanol–water partition coefficient (Wildman–Crippen LogP) is 2.30. The fourth-order valence-electron chi connectivity index (χ4n) is 2.65. The monoisotopic (exact) mass is 276 g/mol. The average Bonchev–Trinajstić information content (AvgIpc) is 2.36. The highest BCUT2D eigenvalue weighted by molar-refractivity contribution is 5.94. The zero-order chi connectivity index (χ0) is 14.7. The summed E-state index contributed by atoms with van der Waals surface area (Å²) in [6.07, 6.45) is 0.111. The van der Waals surface area contributed by atoms with Crippen molar-refractivity contribution in [2.24, 2.45) is 0 Å². The summed E-state index contributed by atoms with van der Waals surface area (Å²) in [7, 11) is 0. The van der Waals surface area contributed by atoms with Crippen LogP contribution in [0, 0.1) is 0 Å². The van der Waals surface area contributed by atoms with E-state index in [2.05, 4.69) is 19.2 Å². The van der Waals surface area contributed by atoms with Crippen molar-refractivity contribution in [1.29, 1.82) is 0 Å². The second-order valence-electron chi connectivity index (χ2n) is 5.87. The van der Waals surface area contributed by atoms with Crippen LogP contribution in [0.2, 0.25) is 0 Å². The van der Waals surface area contributed by atoms with Crippen molar-refractivity contribution >= 4 is 5.91 Å². The Labute approximate surface area is 121 Å². The second-order valence-corrected chi connectivity index (χ2v) is 5.87. The highest BCUT2D eigenvalue weighted by Gasteiger charge is 2.25. The van der Waals surface area contributed by atoms with Crippen molar-refractivity contribution in [1.82, 2.24) is 10.2 Å². The topological polar surface area (TPSA) is 41.6 Å². The molecule has 1 aliphatic rings. The summed E-state index contributed by atoms with van der Waals surface area (Å²) in [6.45, 7) is 9.67. The van der Waals surface area contributed by atoms with Gasteiger partial charge in [-0.15, -0.1) is 0 Å². The van der Waals surface area contributed by atoms with Gasteiger partial charge in [-0.05, 0) is 45.9 Å².